The zero-order chi connectivity index (χ0) is 21.7. The second-order valence-corrected chi connectivity index (χ2v) is 9.05. The summed E-state index contributed by atoms with van der Waals surface area (Å²) in [6.45, 7) is 4.63. The van der Waals surface area contributed by atoms with Crippen LogP contribution in [0.15, 0.2) is 36.4 Å². The Hall–Kier alpha value is -3.06. The van der Waals surface area contributed by atoms with Crippen LogP contribution in [0, 0.1) is 31.5 Å². The molecule has 6 nitrogen and oxygen atoms in total. The van der Waals surface area contributed by atoms with Crippen molar-refractivity contribution in [3.8, 4) is 0 Å². The Bertz CT molecular complexity index is 1180. The van der Waals surface area contributed by atoms with Gasteiger partial charge in [0.2, 0.25) is 17.7 Å². The monoisotopic (exact) mass is 419 g/mol. The van der Waals surface area contributed by atoms with Crippen molar-refractivity contribution in [2.45, 2.75) is 38.3 Å². The van der Waals surface area contributed by atoms with Crippen molar-refractivity contribution in [1.82, 2.24) is 4.90 Å². The van der Waals surface area contributed by atoms with Crippen LogP contribution in [0.5, 0.6) is 0 Å². The zero-order valence-electron chi connectivity index (χ0n) is 17.3. The van der Waals surface area contributed by atoms with Gasteiger partial charge in [-0.3, -0.25) is 19.3 Å². The summed E-state index contributed by atoms with van der Waals surface area (Å²) in [6, 6.07) is 9.13. The van der Waals surface area contributed by atoms with Gasteiger partial charge in [-0.15, -0.1) is 0 Å². The average molecular weight is 419 g/mol. The summed E-state index contributed by atoms with van der Waals surface area (Å²) >= 11 is 0. The molecule has 4 aliphatic rings. The lowest BCUT2D eigenvalue weighted by atomic mass is 9.75. The Kier molecular flexibility index (Phi) is 3.62. The van der Waals surface area contributed by atoms with E-state index in [1.165, 1.54) is 29.2 Å². The van der Waals surface area contributed by atoms with Gasteiger partial charge in [-0.05, 0) is 68.6 Å². The normalized spacial score (nSPS) is 31.4. The molecule has 4 heterocycles. The van der Waals surface area contributed by atoms with E-state index >= 15 is 0 Å². The van der Waals surface area contributed by atoms with E-state index in [-0.39, 0.29) is 23.8 Å². The molecule has 3 amide bonds. The van der Waals surface area contributed by atoms with Crippen LogP contribution in [0.2, 0.25) is 0 Å². The topological polar surface area (TPSA) is 69.7 Å². The third-order valence-corrected chi connectivity index (χ3v) is 7.78. The van der Waals surface area contributed by atoms with E-state index in [4.69, 9.17) is 0 Å². The molecule has 31 heavy (non-hydrogen) atoms. The fraction of sp³-hybridized carbons (Fsp3) is 0.375. The number of nitrogens with zero attached hydrogens (tertiary/aromatic N) is 2. The van der Waals surface area contributed by atoms with E-state index in [0.717, 1.165) is 35.2 Å². The van der Waals surface area contributed by atoms with Gasteiger partial charge < -0.3 is 5.32 Å². The number of fused-ring (bicyclic) bond motifs is 7. The van der Waals surface area contributed by atoms with Gasteiger partial charge in [0, 0.05) is 17.3 Å². The third kappa shape index (κ3) is 2.07. The molecule has 0 aliphatic carbocycles. The van der Waals surface area contributed by atoms with Crippen molar-refractivity contribution in [2.24, 2.45) is 11.8 Å². The molecular formula is C24H22FN3O3. The van der Waals surface area contributed by atoms with Crippen molar-refractivity contribution >= 4 is 29.1 Å². The minimum Gasteiger partial charge on any atom is -0.324 e. The number of carbonyl (C=O) groups excluding carboxylic acids is 3. The molecule has 4 aliphatic heterocycles. The Morgan fingerprint density at radius 2 is 1.77 bits per heavy atom. The fourth-order valence-electron chi connectivity index (χ4n) is 6.36. The third-order valence-electron chi connectivity index (χ3n) is 7.78. The van der Waals surface area contributed by atoms with Crippen LogP contribution >= 0.6 is 0 Å². The van der Waals surface area contributed by atoms with Crippen LogP contribution in [0.1, 0.15) is 29.5 Å². The molecule has 0 unspecified atom stereocenters. The number of nitrogens with one attached hydrogen (secondary N) is 1. The van der Waals surface area contributed by atoms with Crippen molar-refractivity contribution < 1.29 is 18.8 Å². The molecule has 1 spiro atoms. The summed E-state index contributed by atoms with van der Waals surface area (Å²) in [7, 11) is 0. The molecule has 1 N–H and O–H groups in total. The van der Waals surface area contributed by atoms with Gasteiger partial charge >= 0.3 is 0 Å². The predicted octanol–water partition coefficient (Wildman–Crippen LogP) is 2.87. The van der Waals surface area contributed by atoms with Crippen LogP contribution in [0.3, 0.4) is 0 Å². The number of carbonyl (C=O) groups is 3. The van der Waals surface area contributed by atoms with Crippen LogP contribution < -0.4 is 10.2 Å². The van der Waals surface area contributed by atoms with Crippen LogP contribution in [0.25, 0.3) is 0 Å². The second kappa shape index (κ2) is 6.01. The Balaban J connectivity index is 1.56. The highest BCUT2D eigenvalue weighted by molar-refractivity contribution is 6.26. The number of rotatable bonds is 1. The van der Waals surface area contributed by atoms with Crippen molar-refractivity contribution in [3.63, 3.8) is 0 Å². The molecule has 0 radical (unpaired) electrons. The smallest absolute Gasteiger partial charge is 0.250 e. The Labute approximate surface area is 179 Å². The molecule has 0 saturated carbocycles. The number of amides is 3. The standard InChI is InChI=1S/C24H22FN3O3/c1-12-5-10-16-20(13(12)2)26-23(31)24(16)19-18(17-4-3-11-27(17)24)21(29)28(22(19)30)15-8-6-14(25)7-9-15/h5-10,17-19H,3-4,11H2,1-2H3,(H,26,31)/t17-,18+,19+,24+/m1/s1. The lowest BCUT2D eigenvalue weighted by molar-refractivity contribution is -0.135. The zero-order valence-corrected chi connectivity index (χ0v) is 17.3. The first-order valence-corrected chi connectivity index (χ1v) is 10.7. The van der Waals surface area contributed by atoms with Gasteiger partial charge in [0.1, 0.15) is 11.4 Å². The number of hydrogen-bond donors (Lipinski definition) is 1. The molecule has 158 valence electrons. The van der Waals surface area contributed by atoms with E-state index < -0.39 is 23.2 Å². The quantitative estimate of drug-likeness (QED) is 0.722. The average Bonchev–Trinajstić information content (AvgIpc) is 3.45. The lowest BCUT2D eigenvalue weighted by Crippen LogP contribution is -2.54. The summed E-state index contributed by atoms with van der Waals surface area (Å²) < 4.78 is 13.5. The first kappa shape index (κ1) is 18.7. The Morgan fingerprint density at radius 3 is 2.52 bits per heavy atom. The maximum atomic E-state index is 13.8. The van der Waals surface area contributed by atoms with Gasteiger partial charge in [0.25, 0.3) is 0 Å². The van der Waals surface area contributed by atoms with Crippen molar-refractivity contribution in [3.05, 3.63) is 58.9 Å². The maximum absolute atomic E-state index is 13.8. The molecular weight excluding hydrogens is 397 g/mol. The van der Waals surface area contributed by atoms with E-state index in [0.29, 0.717) is 12.2 Å². The molecule has 0 aromatic heterocycles. The van der Waals surface area contributed by atoms with E-state index in [2.05, 4.69) is 10.2 Å². The number of halogens is 1. The maximum Gasteiger partial charge on any atom is 0.250 e. The second-order valence-electron chi connectivity index (χ2n) is 9.05. The van der Waals surface area contributed by atoms with E-state index in [1.807, 2.05) is 26.0 Å². The first-order valence-electron chi connectivity index (χ1n) is 10.7. The minimum absolute atomic E-state index is 0.162. The van der Waals surface area contributed by atoms with Crippen LogP contribution in [-0.4, -0.2) is 35.2 Å². The number of anilines is 2. The van der Waals surface area contributed by atoms with Gasteiger partial charge in [0.15, 0.2) is 0 Å². The van der Waals surface area contributed by atoms with Crippen LogP contribution in [-0.2, 0) is 19.9 Å². The Morgan fingerprint density at radius 1 is 1.03 bits per heavy atom. The highest BCUT2D eigenvalue weighted by atomic mass is 19.1. The lowest BCUT2D eigenvalue weighted by Gasteiger charge is -2.36. The first-order chi connectivity index (χ1) is 14.9. The molecule has 4 atom stereocenters. The van der Waals surface area contributed by atoms with Gasteiger partial charge in [-0.1, -0.05) is 12.1 Å². The number of benzene rings is 2. The highest BCUT2D eigenvalue weighted by Crippen LogP contribution is 2.61. The number of imide groups is 1. The molecule has 7 heteroatoms. The largest absolute Gasteiger partial charge is 0.324 e. The fourth-order valence-corrected chi connectivity index (χ4v) is 6.36. The summed E-state index contributed by atoms with van der Waals surface area (Å²) in [4.78, 5) is 44.3. The van der Waals surface area contributed by atoms with Gasteiger partial charge in [-0.25, -0.2) is 9.29 Å². The van der Waals surface area contributed by atoms with Gasteiger partial charge in [-0.2, -0.15) is 0 Å². The minimum atomic E-state index is -1.18. The van der Waals surface area contributed by atoms with Crippen molar-refractivity contribution in [2.75, 3.05) is 16.8 Å². The summed E-state index contributed by atoms with van der Waals surface area (Å²) in [5.41, 5.74) is 2.77. The molecule has 3 fully saturated rings. The summed E-state index contributed by atoms with van der Waals surface area (Å²) in [5.74, 6) is -2.70. The number of hydrogen-bond acceptors (Lipinski definition) is 4. The van der Waals surface area contributed by atoms with Crippen molar-refractivity contribution in [1.29, 1.82) is 0 Å². The van der Waals surface area contributed by atoms with Crippen LogP contribution in [0.4, 0.5) is 15.8 Å². The molecule has 6 rings (SSSR count). The molecule has 0 bridgehead atoms. The SMILES string of the molecule is Cc1ccc2c(c1C)NC(=O)[C@@]21[C@@H]2C(=O)N(c3ccc(F)cc3)C(=O)[C@H]2[C@H]2CCCN21. The molecule has 3 saturated heterocycles. The molecule has 2 aromatic carbocycles. The van der Waals surface area contributed by atoms with E-state index in [1.54, 1.807) is 0 Å². The number of aryl methyl sites for hydroxylation is 1. The summed E-state index contributed by atoms with van der Waals surface area (Å²) in [5, 5.41) is 3.05. The summed E-state index contributed by atoms with van der Waals surface area (Å²) in [6.07, 6.45) is 1.65. The van der Waals surface area contributed by atoms with Gasteiger partial charge in [0.05, 0.1) is 17.5 Å². The molecule has 2 aromatic rings. The predicted molar refractivity (Wildman–Crippen MR) is 112 cm³/mol. The highest BCUT2D eigenvalue weighted by Gasteiger charge is 2.74. The van der Waals surface area contributed by atoms with E-state index in [9.17, 15) is 18.8 Å².